The molecule has 0 unspecified atom stereocenters. The van der Waals surface area contributed by atoms with Gasteiger partial charge >= 0.3 is 0 Å². The molecule has 0 atom stereocenters. The lowest BCUT2D eigenvalue weighted by Gasteiger charge is -2.12. The number of aliphatic hydroxyl groups is 1. The minimum absolute atomic E-state index is 0. The van der Waals surface area contributed by atoms with E-state index < -0.39 is 0 Å². The molecule has 5 nitrogen and oxygen atoms in total. The summed E-state index contributed by atoms with van der Waals surface area (Å²) in [4.78, 5) is 10.1. The molecule has 0 aromatic carbocycles. The van der Waals surface area contributed by atoms with Crippen molar-refractivity contribution in [3.63, 3.8) is 0 Å². The molecule has 2 N–H and O–H groups in total. The van der Waals surface area contributed by atoms with Gasteiger partial charge in [0, 0.05) is 32.2 Å². The van der Waals surface area contributed by atoms with Crippen LogP contribution in [0.4, 0.5) is 5.82 Å². The van der Waals surface area contributed by atoms with E-state index in [-0.39, 0.29) is 14.0 Å². The van der Waals surface area contributed by atoms with Gasteiger partial charge in [-0.25, -0.2) is 9.97 Å². The van der Waals surface area contributed by atoms with Gasteiger partial charge < -0.3 is 17.8 Å². The summed E-state index contributed by atoms with van der Waals surface area (Å²) in [6, 6.07) is 0.330. The molecule has 0 amide bonds. The second-order valence-corrected chi connectivity index (χ2v) is 6.36. The van der Waals surface area contributed by atoms with Crippen molar-refractivity contribution in [1.82, 2.24) is 9.97 Å². The molecule has 2 rings (SSSR count). The van der Waals surface area contributed by atoms with Gasteiger partial charge in [0.2, 0.25) is 5.51 Å². The fourth-order valence-electron chi connectivity index (χ4n) is 2.14. The Kier molecular flexibility index (Phi) is 6.90. The third-order valence-corrected chi connectivity index (χ3v) is 4.39. The van der Waals surface area contributed by atoms with E-state index in [0.717, 1.165) is 23.8 Å². The lowest BCUT2D eigenvalue weighted by atomic mass is 10.2. The minimum atomic E-state index is 0. The van der Waals surface area contributed by atoms with E-state index in [1.165, 1.54) is 10.6 Å². The molecule has 2 heterocycles. The van der Waals surface area contributed by atoms with E-state index in [2.05, 4.69) is 46.1 Å². The van der Waals surface area contributed by atoms with Crippen molar-refractivity contribution in [3.05, 3.63) is 41.1 Å². The van der Waals surface area contributed by atoms with Crippen molar-refractivity contribution in [2.24, 2.45) is 0 Å². The van der Waals surface area contributed by atoms with Crippen LogP contribution in [0.3, 0.4) is 0 Å². The number of aliphatic hydroxyl groups excluding tert-OH is 1. The lowest BCUT2D eigenvalue weighted by molar-refractivity contribution is -0.689. The Labute approximate surface area is 137 Å². The third-order valence-electron chi connectivity index (χ3n) is 3.25. The first-order valence-electron chi connectivity index (χ1n) is 7.17. The van der Waals surface area contributed by atoms with Gasteiger partial charge in [0.15, 0.2) is 12.2 Å². The Morgan fingerprint density at radius 1 is 1.36 bits per heavy atom. The fourth-order valence-corrected chi connectivity index (χ4v) is 3.13. The molecule has 0 spiro atoms. The van der Waals surface area contributed by atoms with E-state index in [1.54, 1.807) is 11.3 Å². The normalized spacial score (nSPS) is 10.6. The first-order valence-corrected chi connectivity index (χ1v) is 8.05. The van der Waals surface area contributed by atoms with E-state index in [9.17, 15) is 0 Å². The van der Waals surface area contributed by atoms with E-state index >= 15 is 0 Å². The maximum atomic E-state index is 9.08. The highest BCUT2D eigenvalue weighted by molar-refractivity contribution is 7.09. The van der Waals surface area contributed by atoms with Crippen molar-refractivity contribution in [2.75, 3.05) is 11.9 Å². The highest BCUT2D eigenvalue weighted by Crippen LogP contribution is 2.16. The molecule has 22 heavy (non-hydrogen) atoms. The standard InChI is InChI=1S/C15H23N4OS.CH3/c1-10(2)17-15-13(7-16-12(4)18-15)8-19-9-21-14(5-6-20)11(19)3;/h7,9-10,20H,5-6,8H2,1-4H3,(H,16,17,18);1H3/q+1;-1. The van der Waals surface area contributed by atoms with Crippen LogP contribution in [0.1, 0.15) is 35.8 Å². The molecule has 2 aromatic rings. The van der Waals surface area contributed by atoms with Gasteiger partial charge in [0.25, 0.3) is 0 Å². The number of anilines is 1. The largest absolute Gasteiger partial charge is 0.396 e. The Morgan fingerprint density at radius 2 is 2.09 bits per heavy atom. The maximum absolute atomic E-state index is 9.08. The lowest BCUT2D eigenvalue weighted by Crippen LogP contribution is -2.36. The summed E-state index contributed by atoms with van der Waals surface area (Å²) < 4.78 is 2.19. The fraction of sp³-hybridized carbons (Fsp3) is 0.500. The van der Waals surface area contributed by atoms with Crippen LogP contribution in [0, 0.1) is 21.3 Å². The predicted molar refractivity (Wildman–Crippen MR) is 91.1 cm³/mol. The van der Waals surface area contributed by atoms with Crippen LogP contribution in [0.25, 0.3) is 0 Å². The number of nitrogens with zero attached hydrogens (tertiary/aromatic N) is 3. The van der Waals surface area contributed by atoms with Crippen LogP contribution in [0.5, 0.6) is 0 Å². The Hall–Kier alpha value is -1.53. The minimum Gasteiger partial charge on any atom is -0.396 e. The van der Waals surface area contributed by atoms with Gasteiger partial charge in [-0.05, 0) is 20.8 Å². The quantitative estimate of drug-likeness (QED) is 0.633. The number of hydrogen-bond acceptors (Lipinski definition) is 5. The molecule has 0 saturated carbocycles. The summed E-state index contributed by atoms with van der Waals surface area (Å²) >= 11 is 1.68. The van der Waals surface area contributed by atoms with Gasteiger partial charge in [-0.2, -0.15) is 4.57 Å². The van der Waals surface area contributed by atoms with Crippen molar-refractivity contribution in [2.45, 2.75) is 46.7 Å². The molecular formula is C16H26N4OS. The number of aryl methyl sites for hydroxylation is 1. The molecule has 0 fully saturated rings. The van der Waals surface area contributed by atoms with Crippen molar-refractivity contribution < 1.29 is 9.67 Å². The van der Waals surface area contributed by atoms with Gasteiger partial charge in [-0.3, -0.25) is 0 Å². The molecule has 0 saturated heterocycles. The number of hydrogen-bond donors (Lipinski definition) is 2. The predicted octanol–water partition coefficient (Wildman–Crippen LogP) is 2.30. The van der Waals surface area contributed by atoms with Gasteiger partial charge in [0.1, 0.15) is 11.6 Å². The average Bonchev–Trinajstić information content (AvgIpc) is 2.74. The summed E-state index contributed by atoms with van der Waals surface area (Å²) in [7, 11) is 0. The zero-order chi connectivity index (χ0) is 15.4. The SMILES string of the molecule is Cc1ncc(C[n+]2csc(CCO)c2C)c(NC(C)C)n1.[CH3-]. The van der Waals surface area contributed by atoms with E-state index in [0.29, 0.717) is 12.5 Å². The van der Waals surface area contributed by atoms with E-state index in [4.69, 9.17) is 5.11 Å². The molecule has 0 aliphatic carbocycles. The second kappa shape index (κ2) is 8.19. The van der Waals surface area contributed by atoms with Crippen LogP contribution in [-0.2, 0) is 13.0 Å². The molecular weight excluding hydrogens is 296 g/mol. The highest BCUT2D eigenvalue weighted by atomic mass is 32.1. The number of aromatic nitrogens is 3. The summed E-state index contributed by atoms with van der Waals surface area (Å²) in [6.07, 6.45) is 2.61. The molecule has 0 bridgehead atoms. The van der Waals surface area contributed by atoms with Gasteiger partial charge in [-0.1, -0.05) is 11.3 Å². The van der Waals surface area contributed by atoms with E-state index in [1.807, 2.05) is 13.1 Å². The Morgan fingerprint density at radius 3 is 2.73 bits per heavy atom. The Bertz CT molecular complexity index is 610. The third kappa shape index (κ3) is 4.48. The van der Waals surface area contributed by atoms with Crippen LogP contribution in [0.15, 0.2) is 11.7 Å². The first-order chi connectivity index (χ1) is 10.0. The summed E-state index contributed by atoms with van der Waals surface area (Å²) in [5.74, 6) is 1.68. The van der Waals surface area contributed by atoms with Crippen LogP contribution in [0.2, 0.25) is 0 Å². The zero-order valence-electron chi connectivity index (χ0n) is 14.1. The van der Waals surface area contributed by atoms with Crippen molar-refractivity contribution in [3.8, 4) is 0 Å². The number of rotatable bonds is 6. The second-order valence-electron chi connectivity index (χ2n) is 5.42. The highest BCUT2D eigenvalue weighted by Gasteiger charge is 2.18. The monoisotopic (exact) mass is 322 g/mol. The number of nitrogens with one attached hydrogen (secondary N) is 1. The molecule has 0 aliphatic rings. The first kappa shape index (κ1) is 18.5. The smallest absolute Gasteiger partial charge is 0.225 e. The number of thiazole rings is 1. The van der Waals surface area contributed by atoms with Gasteiger partial charge in [0.05, 0.1) is 10.4 Å². The molecule has 122 valence electrons. The molecule has 2 aromatic heterocycles. The van der Waals surface area contributed by atoms with Crippen molar-refractivity contribution >= 4 is 17.2 Å². The summed E-state index contributed by atoms with van der Waals surface area (Å²) in [5.41, 5.74) is 4.38. The van der Waals surface area contributed by atoms with Crippen LogP contribution < -0.4 is 9.88 Å². The average molecular weight is 322 g/mol. The topological polar surface area (TPSA) is 61.9 Å². The molecule has 6 heteroatoms. The molecule has 0 radical (unpaired) electrons. The van der Waals surface area contributed by atoms with Crippen molar-refractivity contribution in [1.29, 1.82) is 0 Å². The Balaban J connectivity index is 0.00000242. The van der Waals surface area contributed by atoms with Gasteiger partial charge in [-0.15, -0.1) is 0 Å². The molecule has 0 aliphatic heterocycles. The van der Waals surface area contributed by atoms with Crippen LogP contribution in [-0.4, -0.2) is 27.7 Å². The summed E-state index contributed by atoms with van der Waals surface area (Å²) in [6.45, 7) is 9.12. The van der Waals surface area contributed by atoms with Crippen LogP contribution >= 0.6 is 11.3 Å². The maximum Gasteiger partial charge on any atom is 0.225 e. The zero-order valence-corrected chi connectivity index (χ0v) is 14.9. The summed E-state index contributed by atoms with van der Waals surface area (Å²) in [5, 5.41) is 12.5.